The van der Waals surface area contributed by atoms with Crippen LogP contribution in [0.2, 0.25) is 0 Å². The summed E-state index contributed by atoms with van der Waals surface area (Å²) in [6, 6.07) is 0. The van der Waals surface area contributed by atoms with Gasteiger partial charge in [0, 0.05) is 0 Å². The van der Waals surface area contributed by atoms with Crippen molar-refractivity contribution < 1.29 is 15.3 Å². The lowest BCUT2D eigenvalue weighted by Gasteiger charge is -2.32. The second kappa shape index (κ2) is 5.58. The first kappa shape index (κ1) is 12.9. The van der Waals surface area contributed by atoms with Gasteiger partial charge in [-0.3, -0.25) is 0 Å². The fourth-order valence-electron chi connectivity index (χ4n) is 1.56. The van der Waals surface area contributed by atoms with Crippen LogP contribution in [0.1, 0.15) is 40.0 Å². The molecule has 0 spiro atoms. The molecule has 0 aromatic rings. The van der Waals surface area contributed by atoms with Gasteiger partial charge in [-0.1, -0.05) is 27.2 Å². The van der Waals surface area contributed by atoms with Crippen molar-refractivity contribution in [2.24, 2.45) is 5.92 Å². The Hall–Kier alpha value is -0.120. The Morgan fingerprint density at radius 3 is 2.15 bits per heavy atom. The molecule has 0 heterocycles. The normalized spacial score (nSPS) is 18.7. The molecule has 3 heteroatoms. The van der Waals surface area contributed by atoms with Crippen LogP contribution in [0.25, 0.3) is 0 Å². The smallest absolute Gasteiger partial charge is 0.114 e. The summed E-state index contributed by atoms with van der Waals surface area (Å²) in [5, 5.41) is 28.5. The molecule has 13 heavy (non-hydrogen) atoms. The van der Waals surface area contributed by atoms with Crippen LogP contribution in [0.15, 0.2) is 0 Å². The van der Waals surface area contributed by atoms with E-state index in [0.29, 0.717) is 12.8 Å². The predicted molar refractivity (Wildman–Crippen MR) is 52.4 cm³/mol. The average molecular weight is 190 g/mol. The van der Waals surface area contributed by atoms with Crippen molar-refractivity contribution in [3.8, 4) is 0 Å². The molecule has 3 N–H and O–H groups in total. The Morgan fingerprint density at radius 1 is 1.31 bits per heavy atom. The zero-order valence-electron chi connectivity index (χ0n) is 8.82. The minimum Gasteiger partial charge on any atom is -0.393 e. The van der Waals surface area contributed by atoms with Crippen molar-refractivity contribution in [1.82, 2.24) is 0 Å². The van der Waals surface area contributed by atoms with Crippen LogP contribution in [0.4, 0.5) is 0 Å². The van der Waals surface area contributed by atoms with E-state index in [1.807, 2.05) is 20.8 Å². The zero-order chi connectivity index (χ0) is 10.5. The van der Waals surface area contributed by atoms with Gasteiger partial charge in [-0.05, 0) is 18.8 Å². The van der Waals surface area contributed by atoms with E-state index < -0.39 is 11.7 Å². The van der Waals surface area contributed by atoms with Crippen LogP contribution in [0.5, 0.6) is 0 Å². The van der Waals surface area contributed by atoms with Gasteiger partial charge in [0.25, 0.3) is 0 Å². The summed E-state index contributed by atoms with van der Waals surface area (Å²) in [7, 11) is 0. The van der Waals surface area contributed by atoms with E-state index in [0.717, 1.165) is 6.42 Å². The van der Waals surface area contributed by atoms with E-state index in [1.54, 1.807) is 0 Å². The van der Waals surface area contributed by atoms with Crippen LogP contribution in [0.3, 0.4) is 0 Å². The lowest BCUT2D eigenvalue weighted by Crippen LogP contribution is -2.46. The first-order chi connectivity index (χ1) is 5.96. The van der Waals surface area contributed by atoms with E-state index in [4.69, 9.17) is 5.11 Å². The first-order valence-corrected chi connectivity index (χ1v) is 4.97. The van der Waals surface area contributed by atoms with Gasteiger partial charge in [0.2, 0.25) is 0 Å². The molecular formula is C10H22O3. The Labute approximate surface area is 80.4 Å². The highest BCUT2D eigenvalue weighted by Crippen LogP contribution is 2.23. The maximum atomic E-state index is 9.89. The van der Waals surface area contributed by atoms with E-state index in [2.05, 4.69) is 0 Å². The Morgan fingerprint density at radius 2 is 1.85 bits per heavy atom. The first-order valence-electron chi connectivity index (χ1n) is 4.97. The highest BCUT2D eigenvalue weighted by molar-refractivity contribution is 4.86. The van der Waals surface area contributed by atoms with Crippen molar-refractivity contribution in [3.63, 3.8) is 0 Å². The standard InChI is InChI=1S/C10H22O3/c1-4-5-9(12)10(13,7-11)6-8(2)3/h8-9,11-13H,4-7H2,1-3H3. The molecule has 3 nitrogen and oxygen atoms in total. The highest BCUT2D eigenvalue weighted by atomic mass is 16.4. The molecule has 0 saturated carbocycles. The number of hydrogen-bond acceptors (Lipinski definition) is 3. The molecule has 0 aliphatic rings. The van der Waals surface area contributed by atoms with E-state index >= 15 is 0 Å². The van der Waals surface area contributed by atoms with Gasteiger partial charge < -0.3 is 15.3 Å². The van der Waals surface area contributed by atoms with Gasteiger partial charge >= 0.3 is 0 Å². The van der Waals surface area contributed by atoms with Crippen LogP contribution < -0.4 is 0 Å². The van der Waals surface area contributed by atoms with Crippen molar-refractivity contribution in [3.05, 3.63) is 0 Å². The predicted octanol–water partition coefficient (Wildman–Crippen LogP) is 0.917. The monoisotopic (exact) mass is 190 g/mol. The molecule has 0 bridgehead atoms. The second-order valence-corrected chi connectivity index (χ2v) is 4.16. The lowest BCUT2D eigenvalue weighted by molar-refractivity contribution is -0.118. The number of rotatable bonds is 6. The maximum absolute atomic E-state index is 9.89. The molecule has 80 valence electrons. The van der Waals surface area contributed by atoms with E-state index in [1.165, 1.54) is 0 Å². The van der Waals surface area contributed by atoms with E-state index in [-0.39, 0.29) is 12.5 Å². The quantitative estimate of drug-likeness (QED) is 0.583. The minimum atomic E-state index is -1.32. The summed E-state index contributed by atoms with van der Waals surface area (Å²) in [5.74, 6) is 0.267. The third-order valence-electron chi connectivity index (χ3n) is 2.22. The third-order valence-corrected chi connectivity index (χ3v) is 2.22. The molecule has 0 amide bonds. The summed E-state index contributed by atoms with van der Waals surface area (Å²) < 4.78 is 0. The van der Waals surface area contributed by atoms with Crippen LogP contribution in [-0.2, 0) is 0 Å². The molecule has 0 aliphatic carbocycles. The summed E-state index contributed by atoms with van der Waals surface area (Å²) in [4.78, 5) is 0. The number of hydrogen-bond donors (Lipinski definition) is 3. The molecule has 0 saturated heterocycles. The summed E-state index contributed by atoms with van der Waals surface area (Å²) in [5.41, 5.74) is -1.32. The van der Waals surface area contributed by atoms with Gasteiger partial charge in [0.1, 0.15) is 5.60 Å². The Kier molecular flexibility index (Phi) is 5.53. The van der Waals surface area contributed by atoms with Gasteiger partial charge in [-0.2, -0.15) is 0 Å². The van der Waals surface area contributed by atoms with Crippen molar-refractivity contribution in [2.45, 2.75) is 51.7 Å². The molecule has 0 radical (unpaired) electrons. The van der Waals surface area contributed by atoms with Gasteiger partial charge in [-0.15, -0.1) is 0 Å². The average Bonchev–Trinajstić information content (AvgIpc) is 2.03. The van der Waals surface area contributed by atoms with Crippen LogP contribution >= 0.6 is 0 Å². The molecule has 0 aromatic carbocycles. The number of aliphatic hydroxyl groups is 3. The van der Waals surface area contributed by atoms with Gasteiger partial charge in [0.05, 0.1) is 12.7 Å². The molecule has 0 rings (SSSR count). The SMILES string of the molecule is CCCC(O)C(O)(CO)CC(C)C. The molecular weight excluding hydrogens is 168 g/mol. The summed E-state index contributed by atoms with van der Waals surface area (Å²) in [6.07, 6.45) is 0.959. The second-order valence-electron chi connectivity index (χ2n) is 4.16. The highest BCUT2D eigenvalue weighted by Gasteiger charge is 2.34. The molecule has 0 aliphatic heterocycles. The van der Waals surface area contributed by atoms with Gasteiger partial charge in [-0.25, -0.2) is 0 Å². The summed E-state index contributed by atoms with van der Waals surface area (Å²) in [6.45, 7) is 5.49. The van der Waals surface area contributed by atoms with Crippen LogP contribution in [0, 0.1) is 5.92 Å². The Bertz CT molecular complexity index is 136. The van der Waals surface area contributed by atoms with Gasteiger partial charge in [0.15, 0.2) is 0 Å². The fourth-order valence-corrected chi connectivity index (χ4v) is 1.56. The van der Waals surface area contributed by atoms with Crippen LogP contribution in [-0.4, -0.2) is 33.6 Å². The molecule has 2 unspecified atom stereocenters. The molecule has 2 atom stereocenters. The molecule has 0 fully saturated rings. The fraction of sp³-hybridized carbons (Fsp3) is 1.00. The maximum Gasteiger partial charge on any atom is 0.114 e. The minimum absolute atomic E-state index is 0.267. The van der Waals surface area contributed by atoms with E-state index in [9.17, 15) is 10.2 Å². The third kappa shape index (κ3) is 4.07. The van der Waals surface area contributed by atoms with Crippen molar-refractivity contribution >= 4 is 0 Å². The largest absolute Gasteiger partial charge is 0.393 e. The number of aliphatic hydroxyl groups excluding tert-OH is 2. The summed E-state index contributed by atoms with van der Waals surface area (Å²) >= 11 is 0. The van der Waals surface area contributed by atoms with Crippen molar-refractivity contribution in [1.29, 1.82) is 0 Å². The zero-order valence-corrected chi connectivity index (χ0v) is 8.82. The Balaban J connectivity index is 4.24. The van der Waals surface area contributed by atoms with Crippen molar-refractivity contribution in [2.75, 3.05) is 6.61 Å². The molecule has 0 aromatic heterocycles. The topological polar surface area (TPSA) is 60.7 Å². The lowest BCUT2D eigenvalue weighted by atomic mass is 9.86.